The SMILES string of the molecule is CNc1cc(COCCC(F)(F)F)ccc1[N+](=O)[O-]. The average molecular weight is 278 g/mol. The van der Waals surface area contributed by atoms with E-state index in [0.29, 0.717) is 11.3 Å². The number of nitrogens with one attached hydrogen (secondary N) is 1. The summed E-state index contributed by atoms with van der Waals surface area (Å²) in [6, 6.07) is 4.21. The summed E-state index contributed by atoms with van der Waals surface area (Å²) in [5.41, 5.74) is 0.764. The first-order chi connectivity index (χ1) is 8.83. The number of benzene rings is 1. The number of nitro groups is 1. The molecule has 0 saturated heterocycles. The number of nitro benzene ring substituents is 1. The first-order valence-corrected chi connectivity index (χ1v) is 5.43. The maximum absolute atomic E-state index is 11.9. The van der Waals surface area contributed by atoms with Crippen LogP contribution in [0.25, 0.3) is 0 Å². The van der Waals surface area contributed by atoms with Crippen LogP contribution in [0.15, 0.2) is 18.2 Å². The number of ether oxygens (including phenoxy) is 1. The molecule has 0 spiro atoms. The maximum atomic E-state index is 11.9. The van der Waals surface area contributed by atoms with Crippen LogP contribution in [-0.2, 0) is 11.3 Å². The minimum absolute atomic E-state index is 0.0250. The second-order valence-electron chi connectivity index (χ2n) is 3.78. The monoisotopic (exact) mass is 278 g/mol. The molecule has 0 aliphatic carbocycles. The van der Waals surface area contributed by atoms with Gasteiger partial charge in [0.25, 0.3) is 5.69 Å². The summed E-state index contributed by atoms with van der Waals surface area (Å²) in [5.74, 6) is 0. The summed E-state index contributed by atoms with van der Waals surface area (Å²) in [7, 11) is 1.52. The Morgan fingerprint density at radius 1 is 1.42 bits per heavy atom. The number of nitrogens with zero attached hydrogens (tertiary/aromatic N) is 1. The van der Waals surface area contributed by atoms with E-state index in [1.807, 2.05) is 0 Å². The molecule has 0 bridgehead atoms. The molecule has 0 radical (unpaired) electrons. The van der Waals surface area contributed by atoms with Crippen molar-refractivity contribution in [3.8, 4) is 0 Å². The van der Waals surface area contributed by atoms with Crippen LogP contribution in [-0.4, -0.2) is 24.8 Å². The molecular weight excluding hydrogens is 265 g/mol. The highest BCUT2D eigenvalue weighted by Gasteiger charge is 2.26. The highest BCUT2D eigenvalue weighted by Crippen LogP contribution is 2.25. The topological polar surface area (TPSA) is 64.4 Å². The predicted octanol–water partition coefficient (Wildman–Crippen LogP) is 3.11. The van der Waals surface area contributed by atoms with E-state index >= 15 is 0 Å². The van der Waals surface area contributed by atoms with Crippen molar-refractivity contribution in [3.05, 3.63) is 33.9 Å². The molecule has 1 N–H and O–H groups in total. The molecular formula is C11H13F3N2O3. The van der Waals surface area contributed by atoms with Gasteiger partial charge in [-0.25, -0.2) is 0 Å². The standard InChI is InChI=1S/C11H13F3N2O3/c1-15-9-6-8(2-3-10(9)16(17)18)7-19-5-4-11(12,13)14/h2-3,6,15H,4-5,7H2,1H3. The van der Waals surface area contributed by atoms with Gasteiger partial charge in [-0.05, 0) is 17.7 Å². The van der Waals surface area contributed by atoms with Crippen LogP contribution < -0.4 is 5.32 Å². The van der Waals surface area contributed by atoms with E-state index in [1.54, 1.807) is 0 Å². The smallest absolute Gasteiger partial charge is 0.383 e. The average Bonchev–Trinajstić information content (AvgIpc) is 2.33. The van der Waals surface area contributed by atoms with Crippen molar-refractivity contribution in [2.45, 2.75) is 19.2 Å². The van der Waals surface area contributed by atoms with Crippen molar-refractivity contribution < 1.29 is 22.8 Å². The fourth-order valence-electron chi connectivity index (χ4n) is 1.41. The first-order valence-electron chi connectivity index (χ1n) is 5.43. The van der Waals surface area contributed by atoms with Crippen LogP contribution in [0.4, 0.5) is 24.5 Å². The van der Waals surface area contributed by atoms with E-state index in [1.165, 1.54) is 25.2 Å². The summed E-state index contributed by atoms with van der Waals surface area (Å²) in [6.07, 6.45) is -5.26. The largest absolute Gasteiger partial charge is 0.391 e. The Labute approximate surface area is 107 Å². The zero-order valence-electron chi connectivity index (χ0n) is 10.2. The normalized spacial score (nSPS) is 11.4. The number of alkyl halides is 3. The lowest BCUT2D eigenvalue weighted by Crippen LogP contribution is -2.11. The molecule has 0 aromatic heterocycles. The molecule has 0 aliphatic rings. The Kier molecular flexibility index (Phi) is 5.11. The van der Waals surface area contributed by atoms with Crippen LogP contribution in [0.2, 0.25) is 0 Å². The van der Waals surface area contributed by atoms with Gasteiger partial charge in [0.05, 0.1) is 24.6 Å². The summed E-state index contributed by atoms with van der Waals surface area (Å²) in [4.78, 5) is 10.1. The van der Waals surface area contributed by atoms with Gasteiger partial charge in [-0.3, -0.25) is 10.1 Å². The molecule has 0 atom stereocenters. The van der Waals surface area contributed by atoms with Gasteiger partial charge in [0, 0.05) is 13.1 Å². The van der Waals surface area contributed by atoms with Gasteiger partial charge in [0.1, 0.15) is 5.69 Å². The Hall–Kier alpha value is -1.83. The molecule has 0 aliphatic heterocycles. The Balaban J connectivity index is 2.58. The third kappa shape index (κ3) is 5.12. The zero-order chi connectivity index (χ0) is 14.5. The number of halogens is 3. The number of anilines is 1. The summed E-state index contributed by atoms with van der Waals surface area (Å²) in [6.45, 7) is -0.460. The highest BCUT2D eigenvalue weighted by atomic mass is 19.4. The summed E-state index contributed by atoms with van der Waals surface area (Å²) >= 11 is 0. The van der Waals surface area contributed by atoms with Gasteiger partial charge in [-0.2, -0.15) is 13.2 Å². The molecule has 0 heterocycles. The summed E-state index contributed by atoms with van der Waals surface area (Å²) < 4.78 is 40.5. The van der Waals surface area contributed by atoms with Crippen molar-refractivity contribution >= 4 is 11.4 Å². The van der Waals surface area contributed by atoms with Crippen molar-refractivity contribution in [3.63, 3.8) is 0 Å². The number of hydrogen-bond acceptors (Lipinski definition) is 4. The van der Waals surface area contributed by atoms with Crippen molar-refractivity contribution in [1.29, 1.82) is 0 Å². The van der Waals surface area contributed by atoms with E-state index in [9.17, 15) is 23.3 Å². The molecule has 1 aromatic carbocycles. The number of hydrogen-bond donors (Lipinski definition) is 1. The van der Waals surface area contributed by atoms with Crippen molar-refractivity contribution in [2.24, 2.45) is 0 Å². The molecule has 1 aromatic rings. The van der Waals surface area contributed by atoms with E-state index in [-0.39, 0.29) is 12.3 Å². The molecule has 19 heavy (non-hydrogen) atoms. The third-order valence-corrected chi connectivity index (χ3v) is 2.33. The van der Waals surface area contributed by atoms with Gasteiger partial charge in [-0.1, -0.05) is 0 Å². The van der Waals surface area contributed by atoms with Gasteiger partial charge >= 0.3 is 6.18 Å². The molecule has 106 valence electrons. The number of rotatable bonds is 6. The highest BCUT2D eigenvalue weighted by molar-refractivity contribution is 5.62. The van der Waals surface area contributed by atoms with E-state index in [0.717, 1.165) is 0 Å². The van der Waals surface area contributed by atoms with Crippen LogP contribution in [0.3, 0.4) is 0 Å². The Morgan fingerprint density at radius 3 is 2.63 bits per heavy atom. The van der Waals surface area contributed by atoms with Gasteiger partial charge in [0.15, 0.2) is 0 Å². The second kappa shape index (κ2) is 6.37. The fraction of sp³-hybridized carbons (Fsp3) is 0.455. The maximum Gasteiger partial charge on any atom is 0.391 e. The molecule has 0 fully saturated rings. The molecule has 0 saturated carbocycles. The lowest BCUT2D eigenvalue weighted by molar-refractivity contribution is -0.384. The van der Waals surface area contributed by atoms with Crippen LogP contribution in [0, 0.1) is 10.1 Å². The van der Waals surface area contributed by atoms with E-state index < -0.39 is 24.1 Å². The molecule has 8 heteroatoms. The van der Waals surface area contributed by atoms with Crippen LogP contribution in [0.5, 0.6) is 0 Å². The lowest BCUT2D eigenvalue weighted by Gasteiger charge is -2.08. The van der Waals surface area contributed by atoms with E-state index in [4.69, 9.17) is 4.74 Å². The third-order valence-electron chi connectivity index (χ3n) is 2.33. The minimum atomic E-state index is -4.24. The van der Waals surface area contributed by atoms with Crippen LogP contribution in [0.1, 0.15) is 12.0 Å². The van der Waals surface area contributed by atoms with Gasteiger partial charge in [0.2, 0.25) is 0 Å². The minimum Gasteiger partial charge on any atom is -0.383 e. The second-order valence-corrected chi connectivity index (χ2v) is 3.78. The molecule has 0 amide bonds. The molecule has 5 nitrogen and oxygen atoms in total. The van der Waals surface area contributed by atoms with Gasteiger partial charge < -0.3 is 10.1 Å². The van der Waals surface area contributed by atoms with E-state index in [2.05, 4.69) is 5.32 Å². The fourth-order valence-corrected chi connectivity index (χ4v) is 1.41. The first kappa shape index (κ1) is 15.2. The molecule has 1 rings (SSSR count). The summed E-state index contributed by atoms with van der Waals surface area (Å²) in [5, 5.41) is 13.3. The van der Waals surface area contributed by atoms with Crippen LogP contribution >= 0.6 is 0 Å². The Morgan fingerprint density at radius 2 is 2.11 bits per heavy atom. The molecule has 0 unspecified atom stereocenters. The Bertz CT molecular complexity index is 449. The van der Waals surface area contributed by atoms with Crippen molar-refractivity contribution in [2.75, 3.05) is 19.0 Å². The quantitative estimate of drug-likeness (QED) is 0.493. The predicted molar refractivity (Wildman–Crippen MR) is 63.0 cm³/mol. The van der Waals surface area contributed by atoms with Gasteiger partial charge in [-0.15, -0.1) is 0 Å². The van der Waals surface area contributed by atoms with Crippen molar-refractivity contribution in [1.82, 2.24) is 0 Å². The lowest BCUT2D eigenvalue weighted by atomic mass is 10.2. The zero-order valence-corrected chi connectivity index (χ0v) is 10.2.